The Morgan fingerprint density at radius 3 is 2.55 bits per heavy atom. The molecule has 6 nitrogen and oxygen atoms in total. The van der Waals surface area contributed by atoms with Crippen molar-refractivity contribution in [2.24, 2.45) is 5.92 Å². The first-order chi connectivity index (χ1) is 16.2. The number of piperazine rings is 1. The van der Waals surface area contributed by atoms with Gasteiger partial charge in [0.25, 0.3) is 0 Å². The van der Waals surface area contributed by atoms with Crippen molar-refractivity contribution < 1.29 is 4.79 Å². The van der Waals surface area contributed by atoms with Gasteiger partial charge in [0, 0.05) is 69.6 Å². The third kappa shape index (κ3) is 5.52. The van der Waals surface area contributed by atoms with Crippen molar-refractivity contribution in [3.05, 3.63) is 72.4 Å². The first kappa shape index (κ1) is 21.9. The Labute approximate surface area is 196 Å². The Balaban J connectivity index is 1.03. The maximum Gasteiger partial charge on any atom is 0.234 e. The zero-order valence-corrected chi connectivity index (χ0v) is 19.2. The van der Waals surface area contributed by atoms with Crippen LogP contribution in [0.4, 0.5) is 5.69 Å². The van der Waals surface area contributed by atoms with Gasteiger partial charge in [0.1, 0.15) is 0 Å². The number of nitrogens with one attached hydrogen (secondary N) is 1. The molecule has 0 radical (unpaired) electrons. The van der Waals surface area contributed by atoms with E-state index in [1.54, 1.807) is 0 Å². The van der Waals surface area contributed by atoms with Crippen molar-refractivity contribution in [1.29, 1.82) is 0 Å². The summed E-state index contributed by atoms with van der Waals surface area (Å²) in [7, 11) is 0. The van der Waals surface area contributed by atoms with Gasteiger partial charge in [-0.25, -0.2) is 0 Å². The van der Waals surface area contributed by atoms with Gasteiger partial charge >= 0.3 is 0 Å². The first-order valence-electron chi connectivity index (χ1n) is 12.1. The van der Waals surface area contributed by atoms with Gasteiger partial charge in [-0.15, -0.1) is 0 Å². The van der Waals surface area contributed by atoms with Crippen LogP contribution in [0.5, 0.6) is 0 Å². The number of carbonyl (C=O) groups excluding carboxylic acids is 1. The molecule has 0 spiro atoms. The number of carbonyl (C=O) groups is 1. The third-order valence-corrected chi connectivity index (χ3v) is 6.94. The fourth-order valence-corrected chi connectivity index (χ4v) is 5.03. The lowest BCUT2D eigenvalue weighted by atomic mass is 10.1. The highest BCUT2D eigenvalue weighted by Gasteiger charge is 2.24. The van der Waals surface area contributed by atoms with E-state index in [4.69, 9.17) is 0 Å². The van der Waals surface area contributed by atoms with E-state index >= 15 is 0 Å². The lowest BCUT2D eigenvalue weighted by Gasteiger charge is -2.34. The van der Waals surface area contributed by atoms with E-state index in [1.807, 2.05) is 12.3 Å². The van der Waals surface area contributed by atoms with E-state index in [1.165, 1.54) is 16.6 Å². The van der Waals surface area contributed by atoms with Crippen molar-refractivity contribution in [3.63, 3.8) is 0 Å². The number of fused-ring (bicyclic) bond motifs is 1. The second kappa shape index (κ2) is 10.3. The van der Waals surface area contributed by atoms with Gasteiger partial charge < -0.3 is 10.2 Å². The Kier molecular flexibility index (Phi) is 6.84. The van der Waals surface area contributed by atoms with Crippen LogP contribution in [0, 0.1) is 5.92 Å². The molecule has 2 fully saturated rings. The van der Waals surface area contributed by atoms with Crippen LogP contribution >= 0.6 is 0 Å². The van der Waals surface area contributed by atoms with Gasteiger partial charge in [0.2, 0.25) is 5.91 Å². The number of benzene rings is 2. The third-order valence-electron chi connectivity index (χ3n) is 6.94. The van der Waals surface area contributed by atoms with E-state index < -0.39 is 0 Å². The summed E-state index contributed by atoms with van der Waals surface area (Å²) in [5.41, 5.74) is 3.66. The molecular weight excluding hydrogens is 410 g/mol. The molecule has 0 bridgehead atoms. The average molecular weight is 444 g/mol. The smallest absolute Gasteiger partial charge is 0.234 e. The fraction of sp³-hybridized carbons (Fsp3) is 0.407. The molecule has 172 valence electrons. The zero-order valence-electron chi connectivity index (χ0n) is 19.2. The van der Waals surface area contributed by atoms with Gasteiger partial charge in [-0.1, -0.05) is 42.5 Å². The summed E-state index contributed by atoms with van der Waals surface area (Å²) in [5.74, 6) is 0.681. The Bertz CT molecular complexity index is 1060. The van der Waals surface area contributed by atoms with E-state index in [0.29, 0.717) is 12.5 Å². The second-order valence-corrected chi connectivity index (χ2v) is 9.28. The topological polar surface area (TPSA) is 51.7 Å². The highest BCUT2D eigenvalue weighted by molar-refractivity contribution is 5.81. The summed E-state index contributed by atoms with van der Waals surface area (Å²) in [6, 6.07) is 21.1. The maximum atomic E-state index is 12.6. The van der Waals surface area contributed by atoms with Crippen LogP contribution in [0.15, 0.2) is 66.9 Å². The van der Waals surface area contributed by atoms with Crippen molar-refractivity contribution in [1.82, 2.24) is 20.1 Å². The predicted molar refractivity (Wildman–Crippen MR) is 133 cm³/mol. The quantitative estimate of drug-likeness (QED) is 0.609. The normalized spacial score (nSPS) is 19.8. The van der Waals surface area contributed by atoms with Gasteiger partial charge in [0.15, 0.2) is 0 Å². The van der Waals surface area contributed by atoms with Crippen molar-refractivity contribution in [2.75, 3.05) is 57.3 Å². The predicted octanol–water partition coefficient (Wildman–Crippen LogP) is 3.00. The minimum Gasteiger partial charge on any atom is -0.371 e. The minimum atomic E-state index is 0.153. The maximum absolute atomic E-state index is 12.6. The molecule has 0 aliphatic carbocycles. The summed E-state index contributed by atoms with van der Waals surface area (Å²) in [5, 5.41) is 4.38. The minimum absolute atomic E-state index is 0.153. The molecule has 33 heavy (non-hydrogen) atoms. The summed E-state index contributed by atoms with van der Waals surface area (Å²) in [4.78, 5) is 24.3. The number of hydrogen-bond donors (Lipinski definition) is 1. The zero-order chi connectivity index (χ0) is 22.5. The molecule has 0 unspecified atom stereocenters. The molecule has 1 atom stereocenters. The lowest BCUT2D eigenvalue weighted by Crippen LogP contribution is -2.49. The largest absolute Gasteiger partial charge is 0.371 e. The van der Waals surface area contributed by atoms with E-state index in [0.717, 1.165) is 64.3 Å². The number of para-hydroxylation sites is 2. The van der Waals surface area contributed by atoms with Crippen LogP contribution in [0.2, 0.25) is 0 Å². The number of amides is 1. The molecule has 5 rings (SSSR count). The molecular formula is C27H33N5O. The van der Waals surface area contributed by atoms with Crippen LogP contribution in [-0.4, -0.2) is 73.0 Å². The monoisotopic (exact) mass is 443 g/mol. The molecule has 1 aromatic heterocycles. The van der Waals surface area contributed by atoms with E-state index in [-0.39, 0.29) is 5.91 Å². The Hall–Kier alpha value is -2.96. The average Bonchev–Trinajstić information content (AvgIpc) is 3.34. The van der Waals surface area contributed by atoms with Crippen LogP contribution in [0.1, 0.15) is 12.0 Å². The second-order valence-electron chi connectivity index (χ2n) is 9.28. The van der Waals surface area contributed by atoms with Crippen LogP contribution < -0.4 is 10.2 Å². The molecule has 1 N–H and O–H groups in total. The number of hydrogen-bond acceptors (Lipinski definition) is 5. The molecule has 3 heterocycles. The van der Waals surface area contributed by atoms with Crippen LogP contribution in [0.25, 0.3) is 10.9 Å². The van der Waals surface area contributed by atoms with E-state index in [2.05, 4.69) is 79.6 Å². The number of rotatable bonds is 7. The van der Waals surface area contributed by atoms with Crippen LogP contribution in [-0.2, 0) is 11.3 Å². The number of anilines is 1. The first-order valence-corrected chi connectivity index (χ1v) is 12.1. The molecule has 2 aromatic carbocycles. The molecule has 3 aromatic rings. The van der Waals surface area contributed by atoms with Crippen molar-refractivity contribution >= 4 is 22.5 Å². The molecule has 0 saturated carbocycles. The van der Waals surface area contributed by atoms with Gasteiger partial charge in [-0.3, -0.25) is 19.6 Å². The summed E-state index contributed by atoms with van der Waals surface area (Å²) < 4.78 is 0. The summed E-state index contributed by atoms with van der Waals surface area (Å²) in [6.07, 6.45) is 3.00. The van der Waals surface area contributed by atoms with Gasteiger partial charge in [0.05, 0.1) is 12.1 Å². The van der Waals surface area contributed by atoms with Gasteiger partial charge in [-0.2, -0.15) is 0 Å². The number of aromatic nitrogens is 1. The van der Waals surface area contributed by atoms with E-state index in [9.17, 15) is 4.79 Å². The summed E-state index contributed by atoms with van der Waals surface area (Å²) in [6.45, 7) is 8.08. The van der Waals surface area contributed by atoms with Crippen molar-refractivity contribution in [3.8, 4) is 0 Å². The highest BCUT2D eigenvalue weighted by Crippen LogP contribution is 2.23. The van der Waals surface area contributed by atoms with Crippen molar-refractivity contribution in [2.45, 2.75) is 13.0 Å². The Morgan fingerprint density at radius 1 is 0.909 bits per heavy atom. The standard InChI is InChI=1S/C27H33N5O/c33-26(29-18-22-11-13-32(19-22)25-9-2-1-3-10-25)21-31-16-14-30(15-17-31)20-24-7-4-6-23-8-5-12-28-27(23)24/h1-10,12,22H,11,13-21H2,(H,29,33)/t22-/m1/s1. The molecule has 6 heteroatoms. The number of pyridine rings is 1. The summed E-state index contributed by atoms with van der Waals surface area (Å²) >= 11 is 0. The molecule has 2 saturated heterocycles. The van der Waals surface area contributed by atoms with Gasteiger partial charge in [-0.05, 0) is 36.1 Å². The Morgan fingerprint density at radius 2 is 1.70 bits per heavy atom. The SMILES string of the molecule is O=C(CN1CCN(Cc2cccc3cccnc23)CC1)NC[C@H]1CCN(c2ccccc2)C1. The number of nitrogens with zero attached hydrogens (tertiary/aromatic N) is 4. The lowest BCUT2D eigenvalue weighted by molar-refractivity contribution is -0.122. The fourth-order valence-electron chi connectivity index (χ4n) is 5.03. The molecule has 1 amide bonds. The highest BCUT2D eigenvalue weighted by atomic mass is 16.2. The molecule has 2 aliphatic heterocycles. The molecule has 2 aliphatic rings. The van der Waals surface area contributed by atoms with Crippen LogP contribution in [0.3, 0.4) is 0 Å².